The standard InChI is InChI=1S/C12H24N2/c1-2-12(13)4-3-11-9-14-7-5-10(11)6-8-14/h10-12H,2-9,13H2,1H3. The molecule has 3 saturated heterocycles. The van der Waals surface area contributed by atoms with Crippen molar-refractivity contribution in [3.05, 3.63) is 0 Å². The van der Waals surface area contributed by atoms with Gasteiger partial charge in [0, 0.05) is 12.6 Å². The van der Waals surface area contributed by atoms with Gasteiger partial charge in [0.1, 0.15) is 0 Å². The molecule has 2 bridgehead atoms. The minimum absolute atomic E-state index is 0.449. The number of rotatable bonds is 4. The van der Waals surface area contributed by atoms with Crippen molar-refractivity contribution >= 4 is 0 Å². The van der Waals surface area contributed by atoms with Crippen LogP contribution in [0.5, 0.6) is 0 Å². The zero-order valence-corrected chi connectivity index (χ0v) is 9.41. The highest BCUT2D eigenvalue weighted by Gasteiger charge is 2.33. The Balaban J connectivity index is 1.76. The molecule has 3 fully saturated rings. The maximum absolute atomic E-state index is 5.97. The predicted octanol–water partition coefficient (Wildman–Crippen LogP) is 1.85. The summed E-state index contributed by atoms with van der Waals surface area (Å²) < 4.78 is 0. The van der Waals surface area contributed by atoms with Crippen molar-refractivity contribution < 1.29 is 0 Å². The molecule has 0 amide bonds. The van der Waals surface area contributed by atoms with Crippen molar-refractivity contribution in [2.75, 3.05) is 19.6 Å². The van der Waals surface area contributed by atoms with Crippen LogP contribution in [0.4, 0.5) is 0 Å². The van der Waals surface area contributed by atoms with E-state index in [9.17, 15) is 0 Å². The topological polar surface area (TPSA) is 29.3 Å². The average Bonchev–Trinajstić information content (AvgIpc) is 2.27. The number of nitrogens with zero attached hydrogens (tertiary/aromatic N) is 1. The summed E-state index contributed by atoms with van der Waals surface area (Å²) in [6, 6.07) is 0.449. The Morgan fingerprint density at radius 2 is 2.07 bits per heavy atom. The number of piperidine rings is 3. The lowest BCUT2D eigenvalue weighted by atomic mass is 9.76. The molecule has 0 spiro atoms. The quantitative estimate of drug-likeness (QED) is 0.743. The van der Waals surface area contributed by atoms with E-state index in [1.54, 1.807) is 0 Å². The molecule has 3 heterocycles. The molecule has 14 heavy (non-hydrogen) atoms. The molecule has 3 aliphatic heterocycles. The van der Waals surface area contributed by atoms with Crippen LogP contribution in [-0.4, -0.2) is 30.6 Å². The van der Waals surface area contributed by atoms with Crippen LogP contribution in [0.25, 0.3) is 0 Å². The maximum atomic E-state index is 5.97. The third kappa shape index (κ3) is 2.29. The highest BCUT2D eigenvalue weighted by atomic mass is 15.1. The summed E-state index contributed by atoms with van der Waals surface area (Å²) in [6.45, 7) is 6.28. The van der Waals surface area contributed by atoms with Crippen LogP contribution < -0.4 is 5.73 Å². The molecular weight excluding hydrogens is 172 g/mol. The third-order valence-electron chi connectivity index (χ3n) is 4.22. The molecule has 2 heteroatoms. The van der Waals surface area contributed by atoms with E-state index in [1.807, 2.05) is 0 Å². The summed E-state index contributed by atoms with van der Waals surface area (Å²) in [5, 5.41) is 0. The summed E-state index contributed by atoms with van der Waals surface area (Å²) in [6.07, 6.45) is 6.65. The first kappa shape index (κ1) is 10.4. The number of nitrogens with two attached hydrogens (primary N) is 1. The van der Waals surface area contributed by atoms with E-state index >= 15 is 0 Å². The lowest BCUT2D eigenvalue weighted by Crippen LogP contribution is -2.47. The van der Waals surface area contributed by atoms with Gasteiger partial charge in [0.2, 0.25) is 0 Å². The van der Waals surface area contributed by atoms with Crippen LogP contribution in [0.2, 0.25) is 0 Å². The summed E-state index contributed by atoms with van der Waals surface area (Å²) in [5.74, 6) is 2.00. The third-order valence-corrected chi connectivity index (χ3v) is 4.22. The second kappa shape index (κ2) is 4.63. The smallest absolute Gasteiger partial charge is 0.00363 e. The lowest BCUT2D eigenvalue weighted by molar-refractivity contribution is 0.0448. The molecular formula is C12H24N2. The molecule has 0 aromatic carbocycles. The first-order chi connectivity index (χ1) is 6.79. The minimum atomic E-state index is 0.449. The Hall–Kier alpha value is -0.0800. The number of hydrogen-bond donors (Lipinski definition) is 1. The molecule has 2 N–H and O–H groups in total. The van der Waals surface area contributed by atoms with Gasteiger partial charge < -0.3 is 10.6 Å². The van der Waals surface area contributed by atoms with Crippen LogP contribution >= 0.6 is 0 Å². The fraction of sp³-hybridized carbons (Fsp3) is 1.00. The van der Waals surface area contributed by atoms with Crippen LogP contribution in [0.15, 0.2) is 0 Å². The van der Waals surface area contributed by atoms with E-state index in [-0.39, 0.29) is 0 Å². The van der Waals surface area contributed by atoms with E-state index in [1.165, 1.54) is 45.3 Å². The van der Waals surface area contributed by atoms with E-state index < -0.39 is 0 Å². The van der Waals surface area contributed by atoms with Gasteiger partial charge in [-0.25, -0.2) is 0 Å². The van der Waals surface area contributed by atoms with Gasteiger partial charge in [-0.2, -0.15) is 0 Å². The van der Waals surface area contributed by atoms with Crippen molar-refractivity contribution in [3.8, 4) is 0 Å². The first-order valence-corrected chi connectivity index (χ1v) is 6.27. The monoisotopic (exact) mass is 196 g/mol. The SMILES string of the molecule is CCC(N)CCC1CN2CCC1CC2. The highest BCUT2D eigenvalue weighted by Crippen LogP contribution is 2.34. The molecule has 0 radical (unpaired) electrons. The Morgan fingerprint density at radius 1 is 1.36 bits per heavy atom. The van der Waals surface area contributed by atoms with Gasteiger partial charge in [0.15, 0.2) is 0 Å². The van der Waals surface area contributed by atoms with Crippen LogP contribution in [0, 0.1) is 11.8 Å². The van der Waals surface area contributed by atoms with Crippen molar-refractivity contribution in [2.45, 2.75) is 45.1 Å². The summed E-state index contributed by atoms with van der Waals surface area (Å²) in [5.41, 5.74) is 5.97. The van der Waals surface area contributed by atoms with E-state index in [0.717, 1.165) is 18.3 Å². The average molecular weight is 196 g/mol. The predicted molar refractivity (Wildman–Crippen MR) is 60.2 cm³/mol. The molecule has 2 nitrogen and oxygen atoms in total. The molecule has 2 unspecified atom stereocenters. The van der Waals surface area contributed by atoms with Gasteiger partial charge >= 0.3 is 0 Å². The van der Waals surface area contributed by atoms with Gasteiger partial charge in [-0.15, -0.1) is 0 Å². The van der Waals surface area contributed by atoms with Crippen LogP contribution in [0.3, 0.4) is 0 Å². The van der Waals surface area contributed by atoms with E-state index in [2.05, 4.69) is 11.8 Å². The molecule has 0 aliphatic carbocycles. The fourth-order valence-electron chi connectivity index (χ4n) is 3.05. The zero-order valence-electron chi connectivity index (χ0n) is 9.41. The second-order valence-corrected chi connectivity index (χ2v) is 5.14. The summed E-state index contributed by atoms with van der Waals surface area (Å²) in [7, 11) is 0. The molecule has 82 valence electrons. The van der Waals surface area contributed by atoms with Gasteiger partial charge in [-0.1, -0.05) is 6.92 Å². The molecule has 3 aliphatic rings. The number of hydrogen-bond acceptors (Lipinski definition) is 2. The number of fused-ring (bicyclic) bond motifs is 3. The van der Waals surface area contributed by atoms with Gasteiger partial charge in [-0.05, 0) is 57.0 Å². The molecule has 0 aromatic rings. The van der Waals surface area contributed by atoms with Gasteiger partial charge in [0.05, 0.1) is 0 Å². The Kier molecular flexibility index (Phi) is 3.45. The molecule has 2 atom stereocenters. The Labute approximate surface area is 87.8 Å². The highest BCUT2D eigenvalue weighted by molar-refractivity contribution is 4.86. The van der Waals surface area contributed by atoms with E-state index in [0.29, 0.717) is 6.04 Å². The fourth-order valence-corrected chi connectivity index (χ4v) is 3.05. The van der Waals surface area contributed by atoms with Crippen LogP contribution in [-0.2, 0) is 0 Å². The van der Waals surface area contributed by atoms with Crippen molar-refractivity contribution in [1.82, 2.24) is 4.90 Å². The van der Waals surface area contributed by atoms with Crippen LogP contribution in [0.1, 0.15) is 39.0 Å². The molecule has 0 aromatic heterocycles. The largest absolute Gasteiger partial charge is 0.328 e. The van der Waals surface area contributed by atoms with Crippen molar-refractivity contribution in [2.24, 2.45) is 17.6 Å². The van der Waals surface area contributed by atoms with Crippen molar-refractivity contribution in [3.63, 3.8) is 0 Å². The summed E-state index contributed by atoms with van der Waals surface area (Å²) in [4.78, 5) is 2.64. The van der Waals surface area contributed by atoms with E-state index in [4.69, 9.17) is 5.73 Å². The Morgan fingerprint density at radius 3 is 2.57 bits per heavy atom. The molecule has 0 saturated carbocycles. The van der Waals surface area contributed by atoms with Crippen molar-refractivity contribution in [1.29, 1.82) is 0 Å². The zero-order chi connectivity index (χ0) is 9.97. The lowest BCUT2D eigenvalue weighted by Gasteiger charge is -2.45. The molecule has 3 rings (SSSR count). The Bertz CT molecular complexity index is 173. The second-order valence-electron chi connectivity index (χ2n) is 5.14. The summed E-state index contributed by atoms with van der Waals surface area (Å²) >= 11 is 0. The first-order valence-electron chi connectivity index (χ1n) is 6.27. The van der Waals surface area contributed by atoms with Gasteiger partial charge in [0.25, 0.3) is 0 Å². The normalized spacial score (nSPS) is 38.6. The maximum Gasteiger partial charge on any atom is 0.00363 e. The van der Waals surface area contributed by atoms with Gasteiger partial charge in [-0.3, -0.25) is 0 Å². The minimum Gasteiger partial charge on any atom is -0.328 e.